The normalized spacial score (nSPS) is 12.4. The number of likely N-dealkylation sites (N-methyl/N-ethyl adjacent to an activating group) is 1. The molecule has 2 aromatic rings. The molecule has 1 N–H and O–H groups in total. The van der Waals surface area contributed by atoms with Crippen LogP contribution in [-0.2, 0) is 6.42 Å². The first-order chi connectivity index (χ1) is 9.49. The van der Waals surface area contributed by atoms with Crippen LogP contribution in [0.2, 0.25) is 5.02 Å². The van der Waals surface area contributed by atoms with Gasteiger partial charge < -0.3 is 5.32 Å². The molecule has 0 aliphatic rings. The molecule has 106 valence electrons. The van der Waals surface area contributed by atoms with Crippen LogP contribution in [0.4, 0.5) is 0 Å². The molecule has 0 heterocycles. The lowest BCUT2D eigenvalue weighted by molar-refractivity contribution is 0.590. The van der Waals surface area contributed by atoms with E-state index >= 15 is 0 Å². The number of hydrogen-bond acceptors (Lipinski definition) is 1. The molecule has 0 fully saturated rings. The summed E-state index contributed by atoms with van der Waals surface area (Å²) in [4.78, 5) is 0. The van der Waals surface area contributed by atoms with E-state index in [9.17, 15) is 0 Å². The zero-order chi connectivity index (χ0) is 14.7. The topological polar surface area (TPSA) is 12.0 Å². The van der Waals surface area contributed by atoms with Crippen LogP contribution >= 0.6 is 11.6 Å². The number of benzene rings is 2. The molecule has 0 aliphatic heterocycles. The molecule has 20 heavy (non-hydrogen) atoms. The largest absolute Gasteiger partial charge is 0.313 e. The van der Waals surface area contributed by atoms with Gasteiger partial charge in [-0.3, -0.25) is 0 Å². The Bertz CT molecular complexity index is 584. The van der Waals surface area contributed by atoms with Crippen LogP contribution in [0.3, 0.4) is 0 Å². The maximum absolute atomic E-state index is 6.18. The van der Waals surface area contributed by atoms with Crippen molar-refractivity contribution in [3.63, 3.8) is 0 Å². The summed E-state index contributed by atoms with van der Waals surface area (Å²) >= 11 is 6.18. The van der Waals surface area contributed by atoms with Gasteiger partial charge in [-0.1, -0.05) is 41.4 Å². The predicted molar refractivity (Wildman–Crippen MR) is 87.6 cm³/mol. The van der Waals surface area contributed by atoms with Crippen molar-refractivity contribution in [3.05, 3.63) is 69.2 Å². The highest BCUT2D eigenvalue weighted by atomic mass is 35.5. The van der Waals surface area contributed by atoms with E-state index in [0.717, 1.165) is 11.4 Å². The lowest BCUT2D eigenvalue weighted by atomic mass is 9.94. The molecule has 0 aromatic heterocycles. The number of rotatable bonds is 4. The van der Waals surface area contributed by atoms with Crippen molar-refractivity contribution in [2.45, 2.75) is 33.2 Å². The summed E-state index contributed by atoms with van der Waals surface area (Å²) in [6.07, 6.45) is 0.976. The van der Waals surface area contributed by atoms with Gasteiger partial charge in [-0.15, -0.1) is 0 Å². The molecule has 0 amide bonds. The second-order valence-electron chi connectivity index (χ2n) is 5.54. The highest BCUT2D eigenvalue weighted by Gasteiger charge is 2.12. The van der Waals surface area contributed by atoms with Gasteiger partial charge in [0.25, 0.3) is 0 Å². The Balaban J connectivity index is 2.30. The third-order valence-electron chi connectivity index (χ3n) is 3.74. The smallest absolute Gasteiger partial charge is 0.0411 e. The maximum atomic E-state index is 6.18. The van der Waals surface area contributed by atoms with Crippen molar-refractivity contribution in [1.82, 2.24) is 5.32 Å². The molecule has 0 aliphatic carbocycles. The fourth-order valence-corrected chi connectivity index (χ4v) is 2.89. The first kappa shape index (κ1) is 15.1. The number of nitrogens with one attached hydrogen (secondary N) is 1. The van der Waals surface area contributed by atoms with E-state index < -0.39 is 0 Å². The quantitative estimate of drug-likeness (QED) is 0.854. The van der Waals surface area contributed by atoms with E-state index in [0.29, 0.717) is 0 Å². The van der Waals surface area contributed by atoms with E-state index in [4.69, 9.17) is 11.6 Å². The first-order valence-corrected chi connectivity index (χ1v) is 7.38. The standard InChI is InChI=1S/C18H22ClN/c1-12-5-6-14(3)15(7-12)11-18(20-4)16-8-13(2)9-17(19)10-16/h5-10,18,20H,11H2,1-4H3. The molecule has 2 aromatic carbocycles. The molecule has 0 spiro atoms. The zero-order valence-corrected chi connectivity index (χ0v) is 13.4. The average Bonchev–Trinajstić information content (AvgIpc) is 2.38. The van der Waals surface area contributed by atoms with Crippen LogP contribution in [0, 0.1) is 20.8 Å². The number of halogens is 1. The highest BCUT2D eigenvalue weighted by Crippen LogP contribution is 2.24. The summed E-state index contributed by atoms with van der Waals surface area (Å²) in [6, 6.07) is 13.2. The van der Waals surface area contributed by atoms with Gasteiger partial charge in [-0.25, -0.2) is 0 Å². The lowest BCUT2D eigenvalue weighted by Gasteiger charge is -2.19. The van der Waals surface area contributed by atoms with E-state index in [1.807, 2.05) is 13.1 Å². The third-order valence-corrected chi connectivity index (χ3v) is 3.96. The van der Waals surface area contributed by atoms with E-state index in [2.05, 4.69) is 56.4 Å². The minimum Gasteiger partial charge on any atom is -0.313 e. The van der Waals surface area contributed by atoms with Gasteiger partial charge in [-0.05, 0) is 68.6 Å². The number of aryl methyl sites for hydroxylation is 3. The first-order valence-electron chi connectivity index (χ1n) is 7.00. The molecule has 0 bridgehead atoms. The van der Waals surface area contributed by atoms with Crippen LogP contribution in [-0.4, -0.2) is 7.05 Å². The van der Waals surface area contributed by atoms with Gasteiger partial charge in [-0.2, -0.15) is 0 Å². The van der Waals surface area contributed by atoms with Gasteiger partial charge in [0.1, 0.15) is 0 Å². The van der Waals surface area contributed by atoms with Crippen LogP contribution in [0.5, 0.6) is 0 Å². The summed E-state index contributed by atoms with van der Waals surface area (Å²) in [5.74, 6) is 0. The monoisotopic (exact) mass is 287 g/mol. The molecule has 0 radical (unpaired) electrons. The predicted octanol–water partition coefficient (Wildman–Crippen LogP) is 4.77. The maximum Gasteiger partial charge on any atom is 0.0411 e. The fourth-order valence-electron chi connectivity index (χ4n) is 2.59. The average molecular weight is 288 g/mol. The van der Waals surface area contributed by atoms with Gasteiger partial charge in [0.15, 0.2) is 0 Å². The molecule has 1 nitrogen and oxygen atoms in total. The Morgan fingerprint density at radius 3 is 2.40 bits per heavy atom. The third kappa shape index (κ3) is 3.62. The SMILES string of the molecule is CNC(Cc1cc(C)ccc1C)c1cc(C)cc(Cl)c1. The second-order valence-corrected chi connectivity index (χ2v) is 5.97. The van der Waals surface area contributed by atoms with Gasteiger partial charge >= 0.3 is 0 Å². The summed E-state index contributed by atoms with van der Waals surface area (Å²) < 4.78 is 0. The molecular formula is C18H22ClN. The summed E-state index contributed by atoms with van der Waals surface area (Å²) in [5.41, 5.74) is 6.49. The highest BCUT2D eigenvalue weighted by molar-refractivity contribution is 6.30. The molecule has 1 atom stereocenters. The van der Waals surface area contributed by atoms with E-state index in [-0.39, 0.29) is 6.04 Å². The van der Waals surface area contributed by atoms with Crippen molar-refractivity contribution in [2.75, 3.05) is 7.05 Å². The summed E-state index contributed by atoms with van der Waals surface area (Å²) in [7, 11) is 2.01. The Morgan fingerprint density at radius 1 is 1.00 bits per heavy atom. The van der Waals surface area contributed by atoms with Gasteiger partial charge in [0, 0.05) is 11.1 Å². The zero-order valence-electron chi connectivity index (χ0n) is 12.6. The molecule has 2 rings (SSSR count). The molecule has 2 heteroatoms. The molecular weight excluding hydrogens is 266 g/mol. The van der Waals surface area contributed by atoms with Crippen molar-refractivity contribution >= 4 is 11.6 Å². The van der Waals surface area contributed by atoms with E-state index in [1.165, 1.54) is 27.8 Å². The van der Waals surface area contributed by atoms with Crippen molar-refractivity contribution in [1.29, 1.82) is 0 Å². The minimum atomic E-state index is 0.285. The lowest BCUT2D eigenvalue weighted by Crippen LogP contribution is -2.19. The van der Waals surface area contributed by atoms with Crippen molar-refractivity contribution in [3.8, 4) is 0 Å². The molecule has 0 saturated heterocycles. The molecule has 0 saturated carbocycles. The van der Waals surface area contributed by atoms with E-state index in [1.54, 1.807) is 0 Å². The Hall–Kier alpha value is -1.31. The summed E-state index contributed by atoms with van der Waals surface area (Å²) in [5, 5.41) is 4.22. The molecule has 1 unspecified atom stereocenters. The fraction of sp³-hybridized carbons (Fsp3) is 0.333. The Labute approximate surface area is 127 Å². The Morgan fingerprint density at radius 2 is 1.75 bits per heavy atom. The van der Waals surface area contributed by atoms with Crippen molar-refractivity contribution in [2.24, 2.45) is 0 Å². The number of hydrogen-bond donors (Lipinski definition) is 1. The minimum absolute atomic E-state index is 0.285. The van der Waals surface area contributed by atoms with Crippen LogP contribution < -0.4 is 5.32 Å². The van der Waals surface area contributed by atoms with Crippen molar-refractivity contribution < 1.29 is 0 Å². The van der Waals surface area contributed by atoms with Crippen LogP contribution in [0.15, 0.2) is 36.4 Å². The summed E-state index contributed by atoms with van der Waals surface area (Å²) in [6.45, 7) is 6.39. The Kier molecular flexibility index (Phi) is 4.85. The van der Waals surface area contributed by atoms with Gasteiger partial charge in [0.2, 0.25) is 0 Å². The van der Waals surface area contributed by atoms with Crippen LogP contribution in [0.1, 0.15) is 33.9 Å². The second kappa shape index (κ2) is 6.43. The van der Waals surface area contributed by atoms with Gasteiger partial charge in [0.05, 0.1) is 0 Å². The van der Waals surface area contributed by atoms with Crippen LogP contribution in [0.25, 0.3) is 0 Å².